The quantitative estimate of drug-likeness (QED) is 0.831. The van der Waals surface area contributed by atoms with Gasteiger partial charge in [0, 0.05) is 11.8 Å². The SMILES string of the molecule is Nc1c(Br)ncc(CC(=O)O)c1C(F)F. The van der Waals surface area contributed by atoms with Gasteiger partial charge in [0.2, 0.25) is 0 Å². The number of aromatic nitrogens is 1. The van der Waals surface area contributed by atoms with E-state index in [4.69, 9.17) is 10.8 Å². The van der Waals surface area contributed by atoms with Crippen LogP contribution in [0.25, 0.3) is 0 Å². The Bertz CT molecular complexity index is 398. The first-order valence-electron chi connectivity index (χ1n) is 3.86. The van der Waals surface area contributed by atoms with E-state index >= 15 is 0 Å². The molecular formula is C8H7BrF2N2O2. The molecule has 1 heterocycles. The Kier molecular flexibility index (Phi) is 3.57. The molecule has 0 aliphatic heterocycles. The molecule has 1 aromatic heterocycles. The van der Waals surface area contributed by atoms with E-state index in [0.29, 0.717) is 0 Å². The van der Waals surface area contributed by atoms with Gasteiger partial charge < -0.3 is 10.8 Å². The Hall–Kier alpha value is -1.24. The summed E-state index contributed by atoms with van der Waals surface area (Å²) in [6.07, 6.45) is -2.26. The number of rotatable bonds is 3. The second-order valence-corrected chi connectivity index (χ2v) is 3.52. The smallest absolute Gasteiger partial charge is 0.307 e. The van der Waals surface area contributed by atoms with Crippen LogP contribution in [0, 0.1) is 0 Å². The van der Waals surface area contributed by atoms with Gasteiger partial charge in [0.15, 0.2) is 0 Å². The number of pyridine rings is 1. The summed E-state index contributed by atoms with van der Waals surface area (Å²) in [5, 5.41) is 8.51. The summed E-state index contributed by atoms with van der Waals surface area (Å²) in [7, 11) is 0. The molecule has 1 rings (SSSR count). The Balaban J connectivity index is 3.26. The summed E-state index contributed by atoms with van der Waals surface area (Å²) in [5.41, 5.74) is 4.61. The second-order valence-electron chi connectivity index (χ2n) is 2.77. The molecule has 0 bridgehead atoms. The summed E-state index contributed by atoms with van der Waals surface area (Å²) >= 11 is 2.90. The van der Waals surface area contributed by atoms with Crippen molar-refractivity contribution >= 4 is 27.6 Å². The van der Waals surface area contributed by atoms with Crippen molar-refractivity contribution in [1.82, 2.24) is 4.98 Å². The molecule has 0 aliphatic carbocycles. The van der Waals surface area contributed by atoms with Gasteiger partial charge in [0.05, 0.1) is 12.1 Å². The van der Waals surface area contributed by atoms with E-state index in [1.54, 1.807) is 0 Å². The maximum atomic E-state index is 12.6. The summed E-state index contributed by atoms with van der Waals surface area (Å²) in [5.74, 6) is -1.21. The van der Waals surface area contributed by atoms with Crippen molar-refractivity contribution in [3.05, 3.63) is 21.9 Å². The van der Waals surface area contributed by atoms with Crippen LogP contribution in [-0.4, -0.2) is 16.1 Å². The Morgan fingerprint density at radius 1 is 1.67 bits per heavy atom. The maximum absolute atomic E-state index is 12.6. The van der Waals surface area contributed by atoms with Crippen LogP contribution in [0.2, 0.25) is 0 Å². The molecular weight excluding hydrogens is 274 g/mol. The lowest BCUT2D eigenvalue weighted by Crippen LogP contribution is -2.08. The van der Waals surface area contributed by atoms with Crippen molar-refractivity contribution in [3.63, 3.8) is 0 Å². The van der Waals surface area contributed by atoms with E-state index in [-0.39, 0.29) is 15.9 Å². The zero-order chi connectivity index (χ0) is 11.6. The van der Waals surface area contributed by atoms with Crippen LogP contribution < -0.4 is 5.73 Å². The van der Waals surface area contributed by atoms with E-state index in [1.807, 2.05) is 0 Å². The molecule has 4 nitrogen and oxygen atoms in total. The average Bonchev–Trinajstić information content (AvgIpc) is 2.10. The summed E-state index contributed by atoms with van der Waals surface area (Å²) < 4.78 is 25.3. The molecule has 3 N–H and O–H groups in total. The highest BCUT2D eigenvalue weighted by Gasteiger charge is 2.20. The molecule has 0 radical (unpaired) electrons. The highest BCUT2D eigenvalue weighted by Crippen LogP contribution is 2.32. The van der Waals surface area contributed by atoms with Crippen LogP contribution in [0.15, 0.2) is 10.8 Å². The van der Waals surface area contributed by atoms with E-state index < -0.39 is 24.4 Å². The number of alkyl halides is 2. The van der Waals surface area contributed by atoms with E-state index in [2.05, 4.69) is 20.9 Å². The van der Waals surface area contributed by atoms with Gasteiger partial charge in [0.1, 0.15) is 4.60 Å². The zero-order valence-electron chi connectivity index (χ0n) is 7.38. The molecule has 0 saturated carbocycles. The highest BCUT2D eigenvalue weighted by atomic mass is 79.9. The third-order valence-electron chi connectivity index (χ3n) is 1.75. The lowest BCUT2D eigenvalue weighted by molar-refractivity contribution is -0.136. The number of carbonyl (C=O) groups is 1. The van der Waals surface area contributed by atoms with Crippen molar-refractivity contribution in [2.24, 2.45) is 0 Å². The number of hydrogen-bond acceptors (Lipinski definition) is 3. The number of carboxylic acid groups (broad SMARTS) is 1. The van der Waals surface area contributed by atoms with Crippen LogP contribution in [0.5, 0.6) is 0 Å². The minimum absolute atomic E-state index is 0.0711. The van der Waals surface area contributed by atoms with Crippen molar-refractivity contribution < 1.29 is 18.7 Å². The lowest BCUT2D eigenvalue weighted by atomic mass is 10.1. The van der Waals surface area contributed by atoms with Gasteiger partial charge in [-0.1, -0.05) is 0 Å². The maximum Gasteiger partial charge on any atom is 0.307 e. The fourth-order valence-corrected chi connectivity index (χ4v) is 1.44. The van der Waals surface area contributed by atoms with E-state index in [0.717, 1.165) is 6.20 Å². The van der Waals surface area contributed by atoms with Gasteiger partial charge in [0.25, 0.3) is 6.43 Å². The van der Waals surface area contributed by atoms with Crippen LogP contribution in [0.3, 0.4) is 0 Å². The first-order valence-corrected chi connectivity index (χ1v) is 4.65. The molecule has 0 unspecified atom stereocenters. The summed E-state index contributed by atoms with van der Waals surface area (Å²) in [6.45, 7) is 0. The molecule has 7 heteroatoms. The second kappa shape index (κ2) is 4.52. The molecule has 0 atom stereocenters. The number of nitrogen functional groups attached to an aromatic ring is 1. The van der Waals surface area contributed by atoms with Gasteiger partial charge in [-0.05, 0) is 21.5 Å². The molecule has 82 valence electrons. The lowest BCUT2D eigenvalue weighted by Gasteiger charge is -2.10. The van der Waals surface area contributed by atoms with Crippen LogP contribution in [0.4, 0.5) is 14.5 Å². The summed E-state index contributed by atoms with van der Waals surface area (Å²) in [4.78, 5) is 14.1. The number of halogens is 3. The van der Waals surface area contributed by atoms with Gasteiger partial charge >= 0.3 is 5.97 Å². The minimum Gasteiger partial charge on any atom is -0.481 e. The van der Waals surface area contributed by atoms with E-state index in [9.17, 15) is 13.6 Å². The van der Waals surface area contributed by atoms with Crippen LogP contribution >= 0.6 is 15.9 Å². The molecule has 0 aliphatic rings. The number of nitrogens with two attached hydrogens (primary N) is 1. The number of hydrogen-bond donors (Lipinski definition) is 2. The van der Waals surface area contributed by atoms with E-state index in [1.165, 1.54) is 0 Å². The fourth-order valence-electron chi connectivity index (χ4n) is 1.12. The van der Waals surface area contributed by atoms with Gasteiger partial charge in [-0.25, -0.2) is 13.8 Å². The third-order valence-corrected chi connectivity index (χ3v) is 2.38. The number of nitrogens with zero attached hydrogens (tertiary/aromatic N) is 1. The Labute approximate surface area is 92.2 Å². The summed E-state index contributed by atoms with van der Waals surface area (Å²) in [6, 6.07) is 0. The third kappa shape index (κ3) is 2.62. The molecule has 0 amide bonds. The highest BCUT2D eigenvalue weighted by molar-refractivity contribution is 9.10. The van der Waals surface area contributed by atoms with Crippen LogP contribution in [-0.2, 0) is 11.2 Å². The van der Waals surface area contributed by atoms with Gasteiger partial charge in [-0.15, -0.1) is 0 Å². The first-order chi connectivity index (χ1) is 6.93. The molecule has 0 fully saturated rings. The van der Waals surface area contributed by atoms with Crippen molar-refractivity contribution in [1.29, 1.82) is 0 Å². The Morgan fingerprint density at radius 3 is 2.73 bits per heavy atom. The monoisotopic (exact) mass is 280 g/mol. The number of anilines is 1. The number of aliphatic carboxylic acids is 1. The topological polar surface area (TPSA) is 76.2 Å². The molecule has 0 aromatic carbocycles. The van der Waals surface area contributed by atoms with Crippen molar-refractivity contribution in [3.8, 4) is 0 Å². The predicted molar refractivity (Wildman–Crippen MR) is 52.6 cm³/mol. The minimum atomic E-state index is -2.82. The predicted octanol–water partition coefficient (Wildman–Crippen LogP) is 1.99. The van der Waals surface area contributed by atoms with Crippen molar-refractivity contribution in [2.75, 3.05) is 5.73 Å². The standard InChI is InChI=1S/C8H7BrF2N2O2/c9-7-6(12)5(8(10)11)3(2-13-7)1-4(14)15/h2,8H,1,12H2,(H,14,15). The van der Waals surface area contributed by atoms with Crippen molar-refractivity contribution in [2.45, 2.75) is 12.8 Å². The molecule has 0 spiro atoms. The largest absolute Gasteiger partial charge is 0.481 e. The Morgan fingerprint density at radius 2 is 2.27 bits per heavy atom. The molecule has 15 heavy (non-hydrogen) atoms. The fraction of sp³-hybridized carbons (Fsp3) is 0.250. The van der Waals surface area contributed by atoms with Gasteiger partial charge in [-0.2, -0.15) is 0 Å². The zero-order valence-corrected chi connectivity index (χ0v) is 8.96. The average molecular weight is 281 g/mol. The van der Waals surface area contributed by atoms with Crippen LogP contribution in [0.1, 0.15) is 17.6 Å². The molecule has 0 saturated heterocycles. The molecule has 1 aromatic rings. The first kappa shape index (κ1) is 11.8. The number of carboxylic acids is 1. The normalized spacial score (nSPS) is 10.7. The van der Waals surface area contributed by atoms with Gasteiger partial charge in [-0.3, -0.25) is 4.79 Å².